The number of aromatic hydroxyl groups is 1. The van der Waals surface area contributed by atoms with E-state index in [0.29, 0.717) is 11.4 Å². The molecule has 0 amide bonds. The lowest BCUT2D eigenvalue weighted by molar-refractivity contribution is 0.475. The van der Waals surface area contributed by atoms with E-state index < -0.39 is 0 Å². The molecule has 0 radical (unpaired) electrons. The fourth-order valence-electron chi connectivity index (χ4n) is 1.83. The number of benzene rings is 2. The van der Waals surface area contributed by atoms with E-state index in [4.69, 9.17) is 6.42 Å². The first-order valence-electron chi connectivity index (χ1n) is 5.89. The molecule has 0 saturated carbocycles. The molecular weight excluding hydrogens is 236 g/mol. The van der Waals surface area contributed by atoms with Gasteiger partial charge in [0.25, 0.3) is 0 Å². The molecule has 0 bridgehead atoms. The van der Waals surface area contributed by atoms with E-state index in [1.165, 1.54) is 0 Å². The normalized spacial score (nSPS) is 10.6. The van der Waals surface area contributed by atoms with Crippen molar-refractivity contribution in [2.45, 2.75) is 13.8 Å². The lowest BCUT2D eigenvalue weighted by Gasteiger charge is -2.04. The van der Waals surface area contributed by atoms with Gasteiger partial charge in [-0.2, -0.15) is 5.11 Å². The van der Waals surface area contributed by atoms with Crippen LogP contribution in [0, 0.1) is 26.2 Å². The molecule has 0 aliphatic rings. The van der Waals surface area contributed by atoms with Crippen LogP contribution in [0.5, 0.6) is 5.75 Å². The van der Waals surface area contributed by atoms with Crippen LogP contribution in [0.25, 0.3) is 0 Å². The molecule has 0 unspecified atom stereocenters. The van der Waals surface area contributed by atoms with Crippen molar-refractivity contribution in [3.8, 4) is 18.1 Å². The van der Waals surface area contributed by atoms with E-state index >= 15 is 0 Å². The summed E-state index contributed by atoms with van der Waals surface area (Å²) in [4.78, 5) is 0. The Kier molecular flexibility index (Phi) is 3.63. The molecule has 0 atom stereocenters. The molecule has 3 heteroatoms. The van der Waals surface area contributed by atoms with E-state index in [-0.39, 0.29) is 5.75 Å². The molecule has 94 valence electrons. The number of hydrogen-bond donors (Lipinski definition) is 1. The van der Waals surface area contributed by atoms with Crippen molar-refractivity contribution in [1.29, 1.82) is 0 Å². The van der Waals surface area contributed by atoms with Gasteiger partial charge in [-0.1, -0.05) is 12.0 Å². The molecule has 2 rings (SSSR count). The number of aryl methyl sites for hydroxylation is 2. The lowest BCUT2D eigenvalue weighted by Crippen LogP contribution is -1.84. The van der Waals surface area contributed by atoms with Crippen molar-refractivity contribution in [3.05, 3.63) is 53.1 Å². The largest absolute Gasteiger partial charge is 0.508 e. The molecule has 0 spiro atoms. The minimum atomic E-state index is 0.204. The van der Waals surface area contributed by atoms with Crippen molar-refractivity contribution in [2.24, 2.45) is 10.2 Å². The minimum absolute atomic E-state index is 0.204. The van der Waals surface area contributed by atoms with Gasteiger partial charge < -0.3 is 5.11 Å². The van der Waals surface area contributed by atoms with Gasteiger partial charge in [0.05, 0.1) is 11.3 Å². The zero-order valence-electron chi connectivity index (χ0n) is 10.9. The van der Waals surface area contributed by atoms with E-state index in [2.05, 4.69) is 16.1 Å². The Morgan fingerprint density at radius 1 is 1.05 bits per heavy atom. The zero-order valence-corrected chi connectivity index (χ0v) is 10.9. The quantitative estimate of drug-likeness (QED) is 0.623. The maximum absolute atomic E-state index is 9.20. The summed E-state index contributed by atoms with van der Waals surface area (Å²) >= 11 is 0. The Hall–Kier alpha value is -2.60. The van der Waals surface area contributed by atoms with Gasteiger partial charge in [0.1, 0.15) is 11.4 Å². The van der Waals surface area contributed by atoms with Gasteiger partial charge in [-0.05, 0) is 55.3 Å². The van der Waals surface area contributed by atoms with Gasteiger partial charge in [0.15, 0.2) is 0 Å². The zero-order chi connectivity index (χ0) is 13.8. The van der Waals surface area contributed by atoms with Crippen LogP contribution in [0.2, 0.25) is 0 Å². The maximum atomic E-state index is 9.20. The third-order valence-electron chi connectivity index (χ3n) is 2.72. The van der Waals surface area contributed by atoms with Gasteiger partial charge >= 0.3 is 0 Å². The Bertz CT molecular complexity index is 664. The molecule has 0 aromatic heterocycles. The van der Waals surface area contributed by atoms with Crippen LogP contribution in [0.3, 0.4) is 0 Å². The highest BCUT2D eigenvalue weighted by Crippen LogP contribution is 2.27. The second kappa shape index (κ2) is 5.36. The fraction of sp³-hybridized carbons (Fsp3) is 0.125. The topological polar surface area (TPSA) is 45.0 Å². The van der Waals surface area contributed by atoms with Crippen LogP contribution in [-0.4, -0.2) is 5.11 Å². The molecular formula is C16H14N2O. The molecule has 2 aromatic carbocycles. The van der Waals surface area contributed by atoms with E-state index in [1.54, 1.807) is 24.3 Å². The first-order chi connectivity index (χ1) is 9.10. The summed E-state index contributed by atoms with van der Waals surface area (Å²) in [5, 5.41) is 17.6. The van der Waals surface area contributed by atoms with Gasteiger partial charge in [-0.25, -0.2) is 0 Å². The number of hydrogen-bond acceptors (Lipinski definition) is 3. The van der Waals surface area contributed by atoms with E-state index in [0.717, 1.165) is 16.7 Å². The van der Waals surface area contributed by atoms with Crippen LogP contribution < -0.4 is 0 Å². The van der Waals surface area contributed by atoms with Gasteiger partial charge in [-0.15, -0.1) is 11.5 Å². The maximum Gasteiger partial charge on any atom is 0.115 e. The number of phenolic OH excluding ortho intramolecular Hbond substituents is 1. The highest BCUT2D eigenvalue weighted by Gasteiger charge is 2.04. The standard InChI is InChI=1S/C16H14N2O/c1-4-13-10-11(2)9-12(3)16(13)18-17-14-5-7-15(19)8-6-14/h1,5-10,19H,2-3H3. The monoisotopic (exact) mass is 250 g/mol. The second-order valence-corrected chi connectivity index (χ2v) is 4.34. The molecule has 2 aromatic rings. The van der Waals surface area contributed by atoms with E-state index in [9.17, 15) is 5.11 Å². The van der Waals surface area contributed by atoms with Crippen LogP contribution in [0.15, 0.2) is 46.6 Å². The molecule has 0 aliphatic heterocycles. The number of phenols is 1. The van der Waals surface area contributed by atoms with Crippen molar-refractivity contribution >= 4 is 11.4 Å². The van der Waals surface area contributed by atoms with Crippen LogP contribution in [0.4, 0.5) is 11.4 Å². The van der Waals surface area contributed by atoms with Gasteiger partial charge in [0.2, 0.25) is 0 Å². The Morgan fingerprint density at radius 2 is 1.74 bits per heavy atom. The summed E-state index contributed by atoms with van der Waals surface area (Å²) in [6, 6.07) is 10.5. The molecule has 19 heavy (non-hydrogen) atoms. The lowest BCUT2D eigenvalue weighted by atomic mass is 10.1. The van der Waals surface area contributed by atoms with Crippen molar-refractivity contribution in [3.63, 3.8) is 0 Å². The smallest absolute Gasteiger partial charge is 0.115 e. The number of terminal acetylenes is 1. The highest BCUT2D eigenvalue weighted by molar-refractivity contribution is 5.60. The van der Waals surface area contributed by atoms with Crippen molar-refractivity contribution in [2.75, 3.05) is 0 Å². The van der Waals surface area contributed by atoms with Crippen LogP contribution in [0.1, 0.15) is 16.7 Å². The molecule has 0 aliphatic carbocycles. The molecule has 1 N–H and O–H groups in total. The molecule has 3 nitrogen and oxygen atoms in total. The average molecular weight is 250 g/mol. The Balaban J connectivity index is 2.38. The summed E-state index contributed by atoms with van der Waals surface area (Å²) in [6.45, 7) is 3.95. The first-order valence-corrected chi connectivity index (χ1v) is 5.89. The number of azo groups is 1. The third-order valence-corrected chi connectivity index (χ3v) is 2.72. The average Bonchev–Trinajstić information content (AvgIpc) is 2.39. The van der Waals surface area contributed by atoms with Crippen LogP contribution in [-0.2, 0) is 0 Å². The summed E-state index contributed by atoms with van der Waals surface area (Å²) < 4.78 is 0. The fourth-order valence-corrected chi connectivity index (χ4v) is 1.83. The van der Waals surface area contributed by atoms with Crippen molar-refractivity contribution < 1.29 is 5.11 Å². The molecule has 0 heterocycles. The first kappa shape index (κ1) is 12.8. The van der Waals surface area contributed by atoms with E-state index in [1.807, 2.05) is 26.0 Å². The number of nitrogens with zero attached hydrogens (tertiary/aromatic N) is 2. The summed E-state index contributed by atoms with van der Waals surface area (Å²) in [5.41, 5.74) is 4.21. The predicted molar refractivity (Wildman–Crippen MR) is 76.1 cm³/mol. The van der Waals surface area contributed by atoms with Gasteiger partial charge in [0, 0.05) is 0 Å². The predicted octanol–water partition coefficient (Wildman–Crippen LogP) is 4.41. The summed E-state index contributed by atoms with van der Waals surface area (Å²) in [7, 11) is 0. The summed E-state index contributed by atoms with van der Waals surface area (Å²) in [5.74, 6) is 2.83. The van der Waals surface area contributed by atoms with Crippen LogP contribution >= 0.6 is 0 Å². The van der Waals surface area contributed by atoms with Crippen molar-refractivity contribution in [1.82, 2.24) is 0 Å². The molecule has 0 fully saturated rings. The second-order valence-electron chi connectivity index (χ2n) is 4.34. The van der Waals surface area contributed by atoms with Gasteiger partial charge in [-0.3, -0.25) is 0 Å². The highest BCUT2D eigenvalue weighted by atomic mass is 16.3. The molecule has 0 saturated heterocycles. The Labute approximate surface area is 112 Å². The SMILES string of the molecule is C#Cc1cc(C)cc(C)c1N=Nc1ccc(O)cc1. The Morgan fingerprint density at radius 3 is 2.37 bits per heavy atom. The summed E-state index contributed by atoms with van der Waals surface area (Å²) in [6.07, 6.45) is 5.49. The minimum Gasteiger partial charge on any atom is -0.508 e. The third kappa shape index (κ3) is 2.99. The number of rotatable bonds is 2.